The zero-order chi connectivity index (χ0) is 14.6. The van der Waals surface area contributed by atoms with Gasteiger partial charge < -0.3 is 16.2 Å². The molecule has 0 aromatic carbocycles. The lowest BCUT2D eigenvalue weighted by Gasteiger charge is -2.37. The fourth-order valence-corrected chi connectivity index (χ4v) is 4.35. The third kappa shape index (κ3) is 3.75. The first-order valence-electron chi connectivity index (χ1n) is 8.69. The topological polar surface area (TPSA) is 58.3 Å². The first-order chi connectivity index (χ1) is 9.60. The lowest BCUT2D eigenvalue weighted by atomic mass is 9.85. The van der Waals surface area contributed by atoms with Gasteiger partial charge in [-0.05, 0) is 49.9 Å². The monoisotopic (exact) mass is 282 g/mol. The van der Waals surface area contributed by atoms with Gasteiger partial charge in [0.05, 0.1) is 0 Å². The van der Waals surface area contributed by atoms with Crippen molar-refractivity contribution in [1.29, 1.82) is 0 Å². The second-order valence-electron chi connectivity index (χ2n) is 7.54. The second kappa shape index (κ2) is 7.24. The van der Waals surface area contributed by atoms with Crippen molar-refractivity contribution < 1.29 is 5.11 Å². The molecule has 118 valence electrons. The molecule has 3 heteroatoms. The molecule has 2 saturated carbocycles. The van der Waals surface area contributed by atoms with Crippen LogP contribution in [0.3, 0.4) is 0 Å². The van der Waals surface area contributed by atoms with Crippen molar-refractivity contribution in [3.05, 3.63) is 0 Å². The van der Waals surface area contributed by atoms with Crippen LogP contribution in [-0.2, 0) is 0 Å². The van der Waals surface area contributed by atoms with Crippen LogP contribution in [0, 0.1) is 17.8 Å². The van der Waals surface area contributed by atoms with Crippen molar-refractivity contribution in [2.24, 2.45) is 23.5 Å². The fraction of sp³-hybridized carbons (Fsp3) is 1.00. The van der Waals surface area contributed by atoms with Gasteiger partial charge in [-0.15, -0.1) is 0 Å². The predicted octanol–water partition coefficient (Wildman–Crippen LogP) is 2.67. The minimum absolute atomic E-state index is 0.131. The van der Waals surface area contributed by atoms with Crippen LogP contribution in [0.2, 0.25) is 0 Å². The van der Waals surface area contributed by atoms with Gasteiger partial charge in [-0.1, -0.05) is 33.1 Å². The van der Waals surface area contributed by atoms with Crippen LogP contribution in [0.25, 0.3) is 0 Å². The minimum Gasteiger partial charge on any atom is -0.396 e. The Balaban J connectivity index is 1.98. The van der Waals surface area contributed by atoms with E-state index in [-0.39, 0.29) is 5.54 Å². The molecule has 4 atom stereocenters. The van der Waals surface area contributed by atoms with Gasteiger partial charge in [-0.25, -0.2) is 0 Å². The Hall–Kier alpha value is -0.120. The molecule has 0 aliphatic heterocycles. The minimum atomic E-state index is 0.131. The number of rotatable bonds is 5. The standard InChI is InChI=1S/C17H34N2O/c1-13(2)14-6-4-9-17(12-18,10-8-14)19-16-7-3-5-15(16)11-20/h13-16,19-20H,3-12,18H2,1-2H3. The van der Waals surface area contributed by atoms with Crippen molar-refractivity contribution in [2.45, 2.75) is 76.8 Å². The Labute approximate surface area is 124 Å². The molecule has 2 fully saturated rings. The number of aliphatic hydroxyl groups is 1. The molecule has 2 rings (SSSR count). The van der Waals surface area contributed by atoms with E-state index in [0.29, 0.717) is 18.6 Å². The molecule has 0 radical (unpaired) electrons. The molecule has 2 aliphatic carbocycles. The lowest BCUT2D eigenvalue weighted by Crippen LogP contribution is -2.56. The van der Waals surface area contributed by atoms with Gasteiger partial charge in [0.1, 0.15) is 0 Å². The van der Waals surface area contributed by atoms with Gasteiger partial charge in [0.25, 0.3) is 0 Å². The quantitative estimate of drug-likeness (QED) is 0.680. The van der Waals surface area contributed by atoms with E-state index in [0.717, 1.165) is 18.4 Å². The highest BCUT2D eigenvalue weighted by Gasteiger charge is 2.37. The van der Waals surface area contributed by atoms with Crippen LogP contribution >= 0.6 is 0 Å². The van der Waals surface area contributed by atoms with Gasteiger partial charge >= 0.3 is 0 Å². The molecule has 0 saturated heterocycles. The van der Waals surface area contributed by atoms with E-state index < -0.39 is 0 Å². The fourth-order valence-electron chi connectivity index (χ4n) is 4.35. The molecule has 0 spiro atoms. The molecule has 0 heterocycles. The van der Waals surface area contributed by atoms with Crippen molar-refractivity contribution in [2.75, 3.05) is 13.2 Å². The zero-order valence-electron chi connectivity index (χ0n) is 13.4. The SMILES string of the molecule is CC(C)C1CCCC(CN)(NC2CCCC2CO)CC1. The average Bonchev–Trinajstić information content (AvgIpc) is 2.76. The van der Waals surface area contributed by atoms with E-state index in [9.17, 15) is 5.11 Å². The average molecular weight is 282 g/mol. The highest BCUT2D eigenvalue weighted by atomic mass is 16.3. The second-order valence-corrected chi connectivity index (χ2v) is 7.54. The first-order valence-corrected chi connectivity index (χ1v) is 8.69. The van der Waals surface area contributed by atoms with Crippen LogP contribution in [0.15, 0.2) is 0 Å². The highest BCUT2D eigenvalue weighted by Crippen LogP contribution is 2.36. The summed E-state index contributed by atoms with van der Waals surface area (Å²) in [6, 6.07) is 0.485. The third-order valence-corrected chi connectivity index (χ3v) is 5.94. The summed E-state index contributed by atoms with van der Waals surface area (Å²) in [6.07, 6.45) is 10.0. The van der Waals surface area contributed by atoms with Crippen molar-refractivity contribution >= 4 is 0 Å². The Morgan fingerprint density at radius 3 is 2.60 bits per heavy atom. The maximum Gasteiger partial charge on any atom is 0.0474 e. The maximum absolute atomic E-state index is 9.52. The summed E-state index contributed by atoms with van der Waals surface area (Å²) >= 11 is 0. The van der Waals surface area contributed by atoms with Crippen LogP contribution in [0.1, 0.15) is 65.2 Å². The summed E-state index contributed by atoms with van der Waals surface area (Å²) in [5, 5.41) is 13.4. The molecule has 2 aliphatic rings. The van der Waals surface area contributed by atoms with Gasteiger partial charge in [0.2, 0.25) is 0 Å². The van der Waals surface area contributed by atoms with Gasteiger partial charge in [-0.2, -0.15) is 0 Å². The summed E-state index contributed by atoms with van der Waals surface area (Å²) in [5.41, 5.74) is 6.30. The van der Waals surface area contributed by atoms with Crippen molar-refractivity contribution in [3.8, 4) is 0 Å². The molecular formula is C17H34N2O. The zero-order valence-corrected chi connectivity index (χ0v) is 13.4. The van der Waals surface area contributed by atoms with Crippen LogP contribution < -0.4 is 11.1 Å². The smallest absolute Gasteiger partial charge is 0.0474 e. The van der Waals surface area contributed by atoms with Crippen LogP contribution in [0.5, 0.6) is 0 Å². The Morgan fingerprint density at radius 2 is 1.95 bits per heavy atom. The number of hydrogen-bond acceptors (Lipinski definition) is 3. The van der Waals surface area contributed by atoms with Crippen LogP contribution in [-0.4, -0.2) is 29.8 Å². The Morgan fingerprint density at radius 1 is 1.15 bits per heavy atom. The molecule has 0 amide bonds. The maximum atomic E-state index is 9.52. The normalized spacial score (nSPS) is 39.1. The Bertz CT molecular complexity index is 295. The number of nitrogens with two attached hydrogens (primary N) is 1. The summed E-state index contributed by atoms with van der Waals surface area (Å²) in [7, 11) is 0. The predicted molar refractivity (Wildman–Crippen MR) is 84.5 cm³/mol. The van der Waals surface area contributed by atoms with Gasteiger partial charge in [-0.3, -0.25) is 0 Å². The summed E-state index contributed by atoms with van der Waals surface area (Å²) in [6.45, 7) is 5.78. The number of hydrogen-bond donors (Lipinski definition) is 3. The van der Waals surface area contributed by atoms with E-state index >= 15 is 0 Å². The van der Waals surface area contributed by atoms with Crippen molar-refractivity contribution in [3.63, 3.8) is 0 Å². The van der Waals surface area contributed by atoms with E-state index in [2.05, 4.69) is 19.2 Å². The van der Waals surface area contributed by atoms with E-state index in [1.807, 2.05) is 0 Å². The number of nitrogens with one attached hydrogen (secondary N) is 1. The lowest BCUT2D eigenvalue weighted by molar-refractivity contribution is 0.170. The summed E-state index contributed by atoms with van der Waals surface area (Å²) in [5.74, 6) is 2.10. The largest absolute Gasteiger partial charge is 0.396 e. The molecule has 4 unspecified atom stereocenters. The molecule has 3 nitrogen and oxygen atoms in total. The van der Waals surface area contributed by atoms with Gasteiger partial charge in [0.15, 0.2) is 0 Å². The van der Waals surface area contributed by atoms with Gasteiger partial charge in [0, 0.05) is 24.7 Å². The third-order valence-electron chi connectivity index (χ3n) is 5.94. The van der Waals surface area contributed by atoms with Crippen molar-refractivity contribution in [1.82, 2.24) is 5.32 Å². The number of aliphatic hydroxyl groups excluding tert-OH is 1. The van der Waals surface area contributed by atoms with E-state index in [1.165, 1.54) is 51.4 Å². The molecule has 0 aromatic rings. The molecule has 20 heavy (non-hydrogen) atoms. The summed E-state index contributed by atoms with van der Waals surface area (Å²) in [4.78, 5) is 0. The molecule has 4 N–H and O–H groups in total. The first kappa shape index (κ1) is 16.3. The molecule has 0 bridgehead atoms. The van der Waals surface area contributed by atoms with E-state index in [4.69, 9.17) is 5.73 Å². The molecular weight excluding hydrogens is 248 g/mol. The summed E-state index contributed by atoms with van der Waals surface area (Å²) < 4.78 is 0. The Kier molecular flexibility index (Phi) is 5.88. The molecule has 0 aromatic heterocycles. The van der Waals surface area contributed by atoms with E-state index in [1.54, 1.807) is 0 Å². The van der Waals surface area contributed by atoms with Crippen LogP contribution in [0.4, 0.5) is 0 Å². The highest BCUT2D eigenvalue weighted by molar-refractivity contribution is 4.97.